The number of hydrogen-bond donors (Lipinski definition) is 1. The number of aliphatic hydroxyl groups is 1. The summed E-state index contributed by atoms with van der Waals surface area (Å²) in [5.74, 6) is 0. The van der Waals surface area contributed by atoms with Crippen molar-refractivity contribution in [2.24, 2.45) is 10.6 Å². The Kier molecular flexibility index (Phi) is 2.69. The van der Waals surface area contributed by atoms with Crippen molar-refractivity contribution >= 4 is 5.71 Å². The Hall–Kier alpha value is -0.610. The van der Waals surface area contributed by atoms with Crippen molar-refractivity contribution in [1.82, 2.24) is 4.90 Å². The SMILES string of the molecule is CO/N=C1\CN(C)CC1(C)CO. The number of aliphatic hydroxyl groups excluding tert-OH is 1. The predicted octanol–water partition coefficient (Wildman–Crippen LogP) is -0.0672. The maximum Gasteiger partial charge on any atom is 0.106 e. The largest absolute Gasteiger partial charge is 0.399 e. The van der Waals surface area contributed by atoms with E-state index in [1.165, 1.54) is 7.11 Å². The van der Waals surface area contributed by atoms with Gasteiger partial charge in [0.1, 0.15) is 7.11 Å². The summed E-state index contributed by atoms with van der Waals surface area (Å²) in [5.41, 5.74) is 0.708. The van der Waals surface area contributed by atoms with Gasteiger partial charge in [0.2, 0.25) is 0 Å². The monoisotopic (exact) mass is 172 g/mol. The van der Waals surface area contributed by atoms with Gasteiger partial charge in [0.05, 0.1) is 12.3 Å². The van der Waals surface area contributed by atoms with Crippen LogP contribution in [0.3, 0.4) is 0 Å². The lowest BCUT2D eigenvalue weighted by molar-refractivity contribution is 0.174. The quantitative estimate of drug-likeness (QED) is 0.593. The average molecular weight is 172 g/mol. The van der Waals surface area contributed by atoms with Gasteiger partial charge in [-0.2, -0.15) is 0 Å². The fraction of sp³-hybridized carbons (Fsp3) is 0.875. The summed E-state index contributed by atoms with van der Waals surface area (Å²) in [6.45, 7) is 3.74. The van der Waals surface area contributed by atoms with Gasteiger partial charge in [-0.25, -0.2) is 0 Å². The van der Waals surface area contributed by atoms with E-state index in [-0.39, 0.29) is 12.0 Å². The van der Waals surface area contributed by atoms with E-state index in [4.69, 9.17) is 4.84 Å². The molecule has 0 aromatic rings. The van der Waals surface area contributed by atoms with Crippen LogP contribution in [-0.2, 0) is 4.84 Å². The van der Waals surface area contributed by atoms with Gasteiger partial charge in [0, 0.05) is 18.5 Å². The highest BCUT2D eigenvalue weighted by atomic mass is 16.6. The van der Waals surface area contributed by atoms with Gasteiger partial charge >= 0.3 is 0 Å². The molecular weight excluding hydrogens is 156 g/mol. The Balaban J connectivity index is 2.79. The molecule has 0 bridgehead atoms. The Morgan fingerprint density at radius 1 is 1.75 bits per heavy atom. The van der Waals surface area contributed by atoms with Crippen LogP contribution in [0.25, 0.3) is 0 Å². The lowest BCUT2D eigenvalue weighted by atomic mass is 9.89. The molecule has 1 aliphatic heterocycles. The van der Waals surface area contributed by atoms with Gasteiger partial charge in [0.15, 0.2) is 0 Å². The first-order valence-electron chi connectivity index (χ1n) is 4.02. The van der Waals surface area contributed by atoms with Crippen molar-refractivity contribution in [3.05, 3.63) is 0 Å². The van der Waals surface area contributed by atoms with Crippen LogP contribution in [0.15, 0.2) is 5.16 Å². The van der Waals surface area contributed by atoms with Crippen molar-refractivity contribution in [2.45, 2.75) is 6.92 Å². The maximum absolute atomic E-state index is 9.18. The van der Waals surface area contributed by atoms with Gasteiger partial charge in [-0.15, -0.1) is 0 Å². The lowest BCUT2D eigenvalue weighted by Crippen LogP contribution is -2.31. The van der Waals surface area contributed by atoms with Crippen LogP contribution in [0.4, 0.5) is 0 Å². The minimum atomic E-state index is -0.218. The molecule has 4 nitrogen and oxygen atoms in total. The predicted molar refractivity (Wildman–Crippen MR) is 47.1 cm³/mol. The minimum Gasteiger partial charge on any atom is -0.399 e. The molecule has 1 N–H and O–H groups in total. The molecule has 1 fully saturated rings. The van der Waals surface area contributed by atoms with Crippen LogP contribution in [-0.4, -0.2) is 49.6 Å². The zero-order chi connectivity index (χ0) is 9.19. The molecule has 0 aliphatic carbocycles. The second-order valence-corrected chi connectivity index (χ2v) is 3.61. The molecule has 70 valence electrons. The molecule has 1 unspecified atom stereocenters. The molecule has 1 saturated heterocycles. The number of likely N-dealkylation sites (tertiary alicyclic amines) is 1. The van der Waals surface area contributed by atoms with Crippen LogP contribution >= 0.6 is 0 Å². The standard InChI is InChI=1S/C8H16N2O2/c1-8(6-11)5-10(2)4-7(8)9-12-3/h11H,4-6H2,1-3H3/b9-7+. The fourth-order valence-corrected chi connectivity index (χ4v) is 1.58. The first-order chi connectivity index (χ1) is 5.62. The summed E-state index contributed by atoms with van der Waals surface area (Å²) < 4.78 is 0. The number of rotatable bonds is 2. The molecule has 4 heteroatoms. The highest BCUT2D eigenvalue weighted by Crippen LogP contribution is 2.25. The van der Waals surface area contributed by atoms with E-state index in [2.05, 4.69) is 10.1 Å². The number of hydrogen-bond acceptors (Lipinski definition) is 4. The second-order valence-electron chi connectivity index (χ2n) is 3.61. The summed E-state index contributed by atoms with van der Waals surface area (Å²) >= 11 is 0. The van der Waals surface area contributed by atoms with E-state index in [0.29, 0.717) is 0 Å². The van der Waals surface area contributed by atoms with Crippen molar-refractivity contribution in [3.63, 3.8) is 0 Å². The first-order valence-corrected chi connectivity index (χ1v) is 4.02. The van der Waals surface area contributed by atoms with E-state index in [9.17, 15) is 5.11 Å². The maximum atomic E-state index is 9.18. The lowest BCUT2D eigenvalue weighted by Gasteiger charge is -2.20. The van der Waals surface area contributed by atoms with Gasteiger partial charge in [-0.1, -0.05) is 12.1 Å². The van der Waals surface area contributed by atoms with Crippen LogP contribution in [0.2, 0.25) is 0 Å². The third kappa shape index (κ3) is 1.59. The summed E-state index contributed by atoms with van der Waals surface area (Å²) in [6.07, 6.45) is 0. The van der Waals surface area contributed by atoms with Gasteiger partial charge < -0.3 is 9.94 Å². The topological polar surface area (TPSA) is 45.1 Å². The molecule has 0 aromatic heterocycles. The molecule has 1 rings (SSSR count). The van der Waals surface area contributed by atoms with Crippen molar-refractivity contribution in [3.8, 4) is 0 Å². The van der Waals surface area contributed by atoms with Gasteiger partial charge in [-0.3, -0.25) is 4.90 Å². The van der Waals surface area contributed by atoms with Crippen LogP contribution in [0, 0.1) is 5.41 Å². The molecule has 0 amide bonds. The number of nitrogens with zero attached hydrogens (tertiary/aromatic N) is 2. The van der Waals surface area contributed by atoms with E-state index >= 15 is 0 Å². The summed E-state index contributed by atoms with van der Waals surface area (Å²) in [4.78, 5) is 6.84. The fourth-order valence-electron chi connectivity index (χ4n) is 1.58. The molecule has 0 aromatic carbocycles. The Morgan fingerprint density at radius 3 is 2.92 bits per heavy atom. The normalized spacial score (nSPS) is 34.5. The van der Waals surface area contributed by atoms with Crippen molar-refractivity contribution in [1.29, 1.82) is 0 Å². The zero-order valence-electron chi connectivity index (χ0n) is 7.87. The molecule has 1 heterocycles. The molecule has 1 aliphatic rings. The second kappa shape index (κ2) is 3.41. The van der Waals surface area contributed by atoms with Crippen molar-refractivity contribution in [2.75, 3.05) is 33.9 Å². The van der Waals surface area contributed by atoms with E-state index in [1.807, 2.05) is 14.0 Å². The van der Waals surface area contributed by atoms with Gasteiger partial charge in [-0.05, 0) is 7.05 Å². The zero-order valence-corrected chi connectivity index (χ0v) is 7.87. The van der Waals surface area contributed by atoms with E-state index in [1.54, 1.807) is 0 Å². The molecule has 12 heavy (non-hydrogen) atoms. The van der Waals surface area contributed by atoms with Crippen LogP contribution in [0.5, 0.6) is 0 Å². The molecule has 1 atom stereocenters. The molecular formula is C8H16N2O2. The first kappa shape index (κ1) is 9.48. The van der Waals surface area contributed by atoms with Crippen molar-refractivity contribution < 1.29 is 9.94 Å². The Bertz CT molecular complexity index is 193. The van der Waals surface area contributed by atoms with Crippen LogP contribution in [0.1, 0.15) is 6.92 Å². The molecule has 0 saturated carbocycles. The Morgan fingerprint density at radius 2 is 2.42 bits per heavy atom. The highest BCUT2D eigenvalue weighted by Gasteiger charge is 2.38. The van der Waals surface area contributed by atoms with Gasteiger partial charge in [0.25, 0.3) is 0 Å². The van der Waals surface area contributed by atoms with Crippen LogP contribution < -0.4 is 0 Å². The minimum absolute atomic E-state index is 0.125. The molecule has 0 radical (unpaired) electrons. The number of oxime groups is 1. The average Bonchev–Trinajstić information content (AvgIpc) is 2.29. The summed E-state index contributed by atoms with van der Waals surface area (Å²) in [6, 6.07) is 0. The summed E-state index contributed by atoms with van der Waals surface area (Å²) in [7, 11) is 3.54. The van der Waals surface area contributed by atoms with E-state index < -0.39 is 0 Å². The smallest absolute Gasteiger partial charge is 0.106 e. The Labute approximate surface area is 72.8 Å². The third-order valence-corrected chi connectivity index (χ3v) is 2.29. The third-order valence-electron chi connectivity index (χ3n) is 2.29. The molecule has 0 spiro atoms. The summed E-state index contributed by atoms with van der Waals surface area (Å²) in [5, 5.41) is 13.1. The highest BCUT2D eigenvalue weighted by molar-refractivity contribution is 5.93. The van der Waals surface area contributed by atoms with E-state index in [0.717, 1.165) is 18.8 Å².